The van der Waals surface area contributed by atoms with Gasteiger partial charge in [0.15, 0.2) is 0 Å². The zero-order valence-electron chi connectivity index (χ0n) is 16.0. The minimum Gasteiger partial charge on any atom is -0.389 e. The number of allylic oxidation sites excluding steroid dienone is 3. The largest absolute Gasteiger partial charge is 0.389 e. The number of fused-ring (bicyclic) bond motifs is 5. The predicted octanol–water partition coefficient (Wildman–Crippen LogP) is 5.25. The van der Waals surface area contributed by atoms with Crippen LogP contribution in [-0.4, -0.2) is 11.2 Å². The van der Waals surface area contributed by atoms with E-state index in [1.54, 1.807) is 0 Å². The molecule has 0 aliphatic heterocycles. The first kappa shape index (κ1) is 17.3. The van der Waals surface area contributed by atoms with Crippen LogP contribution < -0.4 is 0 Å². The molecular formula is C23H33NO. The fraction of sp³-hybridized carbons (Fsp3) is 0.783. The molecule has 0 spiro atoms. The number of nitriles is 1. The second-order valence-corrected chi connectivity index (χ2v) is 9.86. The van der Waals surface area contributed by atoms with Crippen LogP contribution in [0.2, 0.25) is 0 Å². The van der Waals surface area contributed by atoms with Gasteiger partial charge in [0, 0.05) is 6.42 Å². The zero-order valence-corrected chi connectivity index (χ0v) is 16.0. The maximum absolute atomic E-state index is 10.1. The lowest BCUT2D eigenvalue weighted by atomic mass is 9.48. The fourth-order valence-electron chi connectivity index (χ4n) is 7.40. The molecule has 25 heavy (non-hydrogen) atoms. The van der Waals surface area contributed by atoms with Crippen molar-refractivity contribution in [3.8, 4) is 6.07 Å². The maximum atomic E-state index is 10.1. The molecule has 0 bridgehead atoms. The van der Waals surface area contributed by atoms with Gasteiger partial charge in [-0.2, -0.15) is 5.26 Å². The SMILES string of the molecule is C[C@H](CC#N)C1CCC2C3C=CC4=CC(O)CC[C@]4(C)C3CC[C@@]21C. The summed E-state index contributed by atoms with van der Waals surface area (Å²) in [6, 6.07) is 2.42. The van der Waals surface area contributed by atoms with Gasteiger partial charge in [-0.1, -0.05) is 39.0 Å². The van der Waals surface area contributed by atoms with E-state index in [1.165, 1.54) is 31.3 Å². The monoisotopic (exact) mass is 339 g/mol. The number of rotatable bonds is 2. The third kappa shape index (κ3) is 2.46. The topological polar surface area (TPSA) is 44.0 Å². The van der Waals surface area contributed by atoms with Crippen LogP contribution in [0, 0.1) is 51.8 Å². The summed E-state index contributed by atoms with van der Waals surface area (Å²) in [5, 5.41) is 19.2. The van der Waals surface area contributed by atoms with Gasteiger partial charge in [-0.15, -0.1) is 0 Å². The normalized spacial score (nSPS) is 49.4. The summed E-state index contributed by atoms with van der Waals surface area (Å²) in [6.07, 6.45) is 14.7. The molecule has 0 radical (unpaired) electrons. The Morgan fingerprint density at radius 2 is 2.00 bits per heavy atom. The molecule has 136 valence electrons. The standard InChI is InChI=1S/C23H33NO/c1-15(10-13-24)19-6-7-20-18-5-4-16-14-17(25)8-11-22(16,2)21(18)9-12-23(19,20)3/h4-5,14-15,17-21,25H,6-12H2,1-3H3/t15-,17?,18?,19?,20?,21?,22+,23-/m1/s1. The van der Waals surface area contributed by atoms with Gasteiger partial charge in [-0.25, -0.2) is 0 Å². The van der Waals surface area contributed by atoms with Gasteiger partial charge >= 0.3 is 0 Å². The first-order chi connectivity index (χ1) is 11.9. The number of hydrogen-bond acceptors (Lipinski definition) is 2. The van der Waals surface area contributed by atoms with E-state index in [2.05, 4.69) is 45.1 Å². The van der Waals surface area contributed by atoms with Crippen LogP contribution in [-0.2, 0) is 0 Å². The van der Waals surface area contributed by atoms with Gasteiger partial charge in [0.05, 0.1) is 12.2 Å². The third-order valence-electron chi connectivity index (χ3n) is 8.81. The van der Waals surface area contributed by atoms with Crippen molar-refractivity contribution < 1.29 is 5.11 Å². The molecule has 1 N–H and O–H groups in total. The van der Waals surface area contributed by atoms with Crippen molar-refractivity contribution in [3.05, 3.63) is 23.8 Å². The molecular weight excluding hydrogens is 306 g/mol. The summed E-state index contributed by atoms with van der Waals surface area (Å²) in [6.45, 7) is 7.29. The minimum absolute atomic E-state index is 0.249. The van der Waals surface area contributed by atoms with E-state index >= 15 is 0 Å². The Labute approximate surface area is 153 Å². The van der Waals surface area contributed by atoms with Crippen LogP contribution in [0.3, 0.4) is 0 Å². The maximum Gasteiger partial charge on any atom is 0.0727 e. The van der Waals surface area contributed by atoms with Crippen LogP contribution in [0.25, 0.3) is 0 Å². The molecule has 2 heteroatoms. The first-order valence-electron chi connectivity index (χ1n) is 10.4. The highest BCUT2D eigenvalue weighted by molar-refractivity contribution is 5.36. The van der Waals surface area contributed by atoms with Crippen molar-refractivity contribution in [2.75, 3.05) is 0 Å². The molecule has 5 unspecified atom stereocenters. The van der Waals surface area contributed by atoms with Crippen molar-refractivity contribution in [2.24, 2.45) is 40.4 Å². The van der Waals surface area contributed by atoms with E-state index < -0.39 is 0 Å². The number of aliphatic hydroxyl groups excluding tert-OH is 1. The molecule has 0 aromatic heterocycles. The fourth-order valence-corrected chi connectivity index (χ4v) is 7.40. The molecule has 0 saturated heterocycles. The van der Waals surface area contributed by atoms with Crippen molar-refractivity contribution >= 4 is 0 Å². The molecule has 0 heterocycles. The second kappa shape index (κ2) is 5.98. The summed E-state index contributed by atoms with van der Waals surface area (Å²) in [5.41, 5.74) is 2.06. The summed E-state index contributed by atoms with van der Waals surface area (Å²) in [5.74, 6) is 3.44. The van der Waals surface area contributed by atoms with Crippen molar-refractivity contribution in [2.45, 2.75) is 71.8 Å². The Hall–Kier alpha value is -1.07. The molecule has 2 fully saturated rings. The number of nitrogens with zero attached hydrogens (tertiary/aromatic N) is 1. The van der Waals surface area contributed by atoms with E-state index in [0.717, 1.165) is 24.7 Å². The summed E-state index contributed by atoms with van der Waals surface area (Å²) < 4.78 is 0. The Morgan fingerprint density at radius 1 is 1.20 bits per heavy atom. The van der Waals surface area contributed by atoms with Gasteiger partial charge in [0.2, 0.25) is 0 Å². The molecule has 0 aromatic carbocycles. The highest BCUT2D eigenvalue weighted by atomic mass is 16.3. The summed E-state index contributed by atoms with van der Waals surface area (Å²) in [4.78, 5) is 0. The number of aliphatic hydroxyl groups is 1. The van der Waals surface area contributed by atoms with Crippen molar-refractivity contribution in [1.82, 2.24) is 0 Å². The van der Waals surface area contributed by atoms with E-state index in [1.807, 2.05) is 0 Å². The molecule has 2 nitrogen and oxygen atoms in total. The van der Waals surface area contributed by atoms with E-state index in [-0.39, 0.29) is 11.5 Å². The van der Waals surface area contributed by atoms with Crippen LogP contribution in [0.4, 0.5) is 0 Å². The van der Waals surface area contributed by atoms with Crippen LogP contribution in [0.1, 0.15) is 65.7 Å². The average Bonchev–Trinajstić information content (AvgIpc) is 2.93. The first-order valence-corrected chi connectivity index (χ1v) is 10.4. The molecule has 0 aromatic rings. The highest BCUT2D eigenvalue weighted by Gasteiger charge is 2.58. The van der Waals surface area contributed by atoms with Gasteiger partial charge in [-0.3, -0.25) is 0 Å². The Balaban J connectivity index is 1.65. The summed E-state index contributed by atoms with van der Waals surface area (Å²) >= 11 is 0. The lowest BCUT2D eigenvalue weighted by Gasteiger charge is -2.56. The lowest BCUT2D eigenvalue weighted by molar-refractivity contribution is -0.0286. The molecule has 2 saturated carbocycles. The smallest absolute Gasteiger partial charge is 0.0727 e. The Kier molecular flexibility index (Phi) is 4.15. The molecule has 8 atom stereocenters. The quantitative estimate of drug-likeness (QED) is 0.746. The van der Waals surface area contributed by atoms with E-state index in [0.29, 0.717) is 29.6 Å². The highest BCUT2D eigenvalue weighted by Crippen LogP contribution is 2.66. The third-order valence-corrected chi connectivity index (χ3v) is 8.81. The summed E-state index contributed by atoms with van der Waals surface area (Å²) in [7, 11) is 0. The van der Waals surface area contributed by atoms with Crippen LogP contribution >= 0.6 is 0 Å². The van der Waals surface area contributed by atoms with Gasteiger partial charge in [0.1, 0.15) is 0 Å². The second-order valence-electron chi connectivity index (χ2n) is 9.86. The predicted molar refractivity (Wildman–Crippen MR) is 100 cm³/mol. The number of hydrogen-bond donors (Lipinski definition) is 1. The lowest BCUT2D eigenvalue weighted by Crippen LogP contribution is -2.49. The van der Waals surface area contributed by atoms with Crippen molar-refractivity contribution in [3.63, 3.8) is 0 Å². The van der Waals surface area contributed by atoms with Gasteiger partial charge in [-0.05, 0) is 84.5 Å². The van der Waals surface area contributed by atoms with Crippen molar-refractivity contribution in [1.29, 1.82) is 5.26 Å². The van der Waals surface area contributed by atoms with Crippen LogP contribution in [0.5, 0.6) is 0 Å². The van der Waals surface area contributed by atoms with E-state index in [4.69, 9.17) is 5.26 Å². The van der Waals surface area contributed by atoms with Crippen LogP contribution in [0.15, 0.2) is 23.8 Å². The molecule has 4 aliphatic carbocycles. The molecule has 0 amide bonds. The molecule has 4 rings (SSSR count). The Bertz CT molecular complexity index is 643. The van der Waals surface area contributed by atoms with Gasteiger partial charge in [0.25, 0.3) is 0 Å². The molecule has 4 aliphatic rings. The zero-order chi connectivity index (χ0) is 17.8. The van der Waals surface area contributed by atoms with E-state index in [9.17, 15) is 5.11 Å². The van der Waals surface area contributed by atoms with Gasteiger partial charge < -0.3 is 5.11 Å². The average molecular weight is 340 g/mol. The Morgan fingerprint density at radius 3 is 2.76 bits per heavy atom. The minimum atomic E-state index is -0.249.